The van der Waals surface area contributed by atoms with Gasteiger partial charge in [-0.05, 0) is 43.5 Å². The molecular formula is C15H20FN3O4S. The van der Waals surface area contributed by atoms with Crippen molar-refractivity contribution in [2.75, 3.05) is 17.4 Å². The quantitative estimate of drug-likeness (QED) is 0.795. The lowest BCUT2D eigenvalue weighted by molar-refractivity contribution is -0.117. The minimum Gasteiger partial charge on any atom is -0.506 e. The summed E-state index contributed by atoms with van der Waals surface area (Å²) in [5.41, 5.74) is 0.0792. The fourth-order valence-corrected chi connectivity index (χ4v) is 4.15. The third-order valence-electron chi connectivity index (χ3n) is 4.13. The first-order valence-electron chi connectivity index (χ1n) is 7.90. The molecule has 0 atom stereocenters. The van der Waals surface area contributed by atoms with Gasteiger partial charge in [-0.2, -0.15) is 8.42 Å². The third kappa shape index (κ3) is 3.32. The Balaban J connectivity index is 1.87. The van der Waals surface area contributed by atoms with E-state index in [4.69, 9.17) is 0 Å². The van der Waals surface area contributed by atoms with E-state index in [0.717, 1.165) is 25.8 Å². The molecule has 0 bridgehead atoms. The van der Waals surface area contributed by atoms with Crippen molar-refractivity contribution in [2.24, 2.45) is 0 Å². The van der Waals surface area contributed by atoms with Crippen LogP contribution in [0.5, 0.6) is 5.75 Å². The molecular weight excluding hydrogens is 337 g/mol. The molecule has 1 heterocycles. The van der Waals surface area contributed by atoms with E-state index in [1.807, 2.05) is 0 Å². The van der Waals surface area contributed by atoms with Gasteiger partial charge >= 0.3 is 10.2 Å². The number of hydrogen-bond donors (Lipinski definition) is 2. The first-order chi connectivity index (χ1) is 11.3. The molecule has 2 N–H and O–H groups in total. The lowest BCUT2D eigenvalue weighted by Crippen LogP contribution is -2.30. The molecule has 0 radical (unpaired) electrons. The van der Waals surface area contributed by atoms with Gasteiger partial charge < -0.3 is 5.11 Å². The SMILES string of the molecule is CCCN(Cc1cc(O)c(N2CC(=O)NS2(=O)=O)c(F)c1)C1CC1. The molecule has 1 amide bonds. The van der Waals surface area contributed by atoms with Crippen LogP contribution in [-0.4, -0.2) is 43.5 Å². The molecule has 1 aliphatic heterocycles. The Morgan fingerprint density at radius 2 is 2.12 bits per heavy atom. The molecule has 1 aromatic rings. The Labute approximate surface area is 140 Å². The van der Waals surface area contributed by atoms with Crippen LogP contribution in [0, 0.1) is 5.82 Å². The van der Waals surface area contributed by atoms with Crippen LogP contribution in [0.1, 0.15) is 31.7 Å². The molecule has 3 rings (SSSR count). The lowest BCUT2D eigenvalue weighted by Gasteiger charge is -2.23. The summed E-state index contributed by atoms with van der Waals surface area (Å²) in [5, 5.41) is 10.1. The predicted molar refractivity (Wildman–Crippen MR) is 86.2 cm³/mol. The van der Waals surface area contributed by atoms with Gasteiger partial charge in [0, 0.05) is 12.6 Å². The van der Waals surface area contributed by atoms with E-state index in [2.05, 4.69) is 11.8 Å². The number of aromatic hydroxyl groups is 1. The van der Waals surface area contributed by atoms with Crippen molar-refractivity contribution in [1.82, 2.24) is 9.62 Å². The maximum absolute atomic E-state index is 14.5. The Kier molecular flexibility index (Phi) is 4.39. The van der Waals surface area contributed by atoms with Crippen molar-refractivity contribution >= 4 is 21.8 Å². The zero-order valence-electron chi connectivity index (χ0n) is 13.3. The van der Waals surface area contributed by atoms with Crippen LogP contribution in [0.15, 0.2) is 12.1 Å². The highest BCUT2D eigenvalue weighted by molar-refractivity contribution is 7.92. The fraction of sp³-hybridized carbons (Fsp3) is 0.533. The first-order valence-corrected chi connectivity index (χ1v) is 9.34. The number of rotatable bonds is 6. The van der Waals surface area contributed by atoms with E-state index in [-0.39, 0.29) is 0 Å². The lowest BCUT2D eigenvalue weighted by atomic mass is 10.1. The number of nitrogens with one attached hydrogen (secondary N) is 1. The van der Waals surface area contributed by atoms with E-state index in [9.17, 15) is 22.7 Å². The molecule has 0 unspecified atom stereocenters. The number of nitrogens with zero attached hydrogens (tertiary/aromatic N) is 2. The van der Waals surface area contributed by atoms with Gasteiger partial charge in [0.25, 0.3) is 5.91 Å². The molecule has 7 nitrogen and oxygen atoms in total. The molecule has 2 fully saturated rings. The third-order valence-corrected chi connectivity index (χ3v) is 5.51. The maximum Gasteiger partial charge on any atom is 0.326 e. The number of phenolic OH excluding ortho intramolecular Hbond substituents is 1. The zero-order valence-corrected chi connectivity index (χ0v) is 14.1. The van der Waals surface area contributed by atoms with Crippen molar-refractivity contribution in [1.29, 1.82) is 0 Å². The summed E-state index contributed by atoms with van der Waals surface area (Å²) in [4.78, 5) is 13.5. The number of amides is 1. The highest BCUT2D eigenvalue weighted by atomic mass is 32.2. The second-order valence-electron chi connectivity index (χ2n) is 6.18. The number of benzene rings is 1. The smallest absolute Gasteiger partial charge is 0.326 e. The van der Waals surface area contributed by atoms with Crippen LogP contribution < -0.4 is 9.03 Å². The summed E-state index contributed by atoms with van der Waals surface area (Å²) in [7, 11) is -4.16. The fourth-order valence-electron chi connectivity index (χ4n) is 2.98. The average Bonchev–Trinajstić information content (AvgIpc) is 3.25. The van der Waals surface area contributed by atoms with Gasteiger partial charge in [-0.25, -0.2) is 13.4 Å². The summed E-state index contributed by atoms with van der Waals surface area (Å²) >= 11 is 0. The topological polar surface area (TPSA) is 89.9 Å². The maximum atomic E-state index is 14.5. The van der Waals surface area contributed by atoms with Crippen LogP contribution in [0.25, 0.3) is 0 Å². The van der Waals surface area contributed by atoms with E-state index < -0.39 is 39.9 Å². The predicted octanol–water partition coefficient (Wildman–Crippen LogP) is 1.09. The average molecular weight is 357 g/mol. The van der Waals surface area contributed by atoms with Gasteiger partial charge in [0.15, 0.2) is 5.82 Å². The van der Waals surface area contributed by atoms with Crippen molar-refractivity contribution in [3.63, 3.8) is 0 Å². The number of anilines is 1. The molecule has 1 aromatic carbocycles. The van der Waals surface area contributed by atoms with E-state index >= 15 is 0 Å². The molecule has 0 aromatic heterocycles. The summed E-state index contributed by atoms with van der Waals surface area (Å²) in [6, 6.07) is 3.08. The normalized spacial score (nSPS) is 19.8. The molecule has 24 heavy (non-hydrogen) atoms. The number of hydrogen-bond acceptors (Lipinski definition) is 5. The summed E-state index contributed by atoms with van der Waals surface area (Å²) < 4.78 is 40.4. The van der Waals surface area contributed by atoms with Gasteiger partial charge in [-0.15, -0.1) is 0 Å². The number of phenols is 1. The highest BCUT2D eigenvalue weighted by Gasteiger charge is 2.37. The van der Waals surface area contributed by atoms with Crippen molar-refractivity contribution in [3.05, 3.63) is 23.5 Å². The first kappa shape index (κ1) is 17.0. The van der Waals surface area contributed by atoms with Gasteiger partial charge in [0.05, 0.1) is 0 Å². The summed E-state index contributed by atoms with van der Waals surface area (Å²) in [5.74, 6) is -2.12. The van der Waals surface area contributed by atoms with Crippen LogP contribution >= 0.6 is 0 Å². The van der Waals surface area contributed by atoms with E-state index in [0.29, 0.717) is 22.5 Å². The minimum atomic E-state index is -4.16. The Hall–Kier alpha value is -1.87. The van der Waals surface area contributed by atoms with Gasteiger partial charge in [-0.1, -0.05) is 6.92 Å². The van der Waals surface area contributed by atoms with E-state index in [1.165, 1.54) is 12.1 Å². The minimum absolute atomic E-state index is 0.489. The Morgan fingerprint density at radius 1 is 1.42 bits per heavy atom. The Bertz CT molecular complexity index is 741. The van der Waals surface area contributed by atoms with Gasteiger partial charge in [0.2, 0.25) is 0 Å². The standard InChI is InChI=1S/C15H20FN3O4S/c1-2-5-18(11-3-4-11)8-10-6-12(16)15(13(20)7-10)19-9-14(21)17-24(19,22)23/h6-7,11,20H,2-5,8-9H2,1H3,(H,17,21). The number of carbonyl (C=O) groups is 1. The van der Waals surface area contributed by atoms with Crippen molar-refractivity contribution in [3.8, 4) is 5.75 Å². The summed E-state index contributed by atoms with van der Waals surface area (Å²) in [6.07, 6.45) is 3.21. The van der Waals surface area contributed by atoms with Crippen LogP contribution in [0.4, 0.5) is 10.1 Å². The van der Waals surface area contributed by atoms with Gasteiger partial charge in [-0.3, -0.25) is 9.69 Å². The van der Waals surface area contributed by atoms with Crippen LogP contribution in [0.2, 0.25) is 0 Å². The molecule has 1 saturated carbocycles. The van der Waals surface area contributed by atoms with Crippen LogP contribution in [-0.2, 0) is 21.5 Å². The second-order valence-corrected chi connectivity index (χ2v) is 7.78. The molecule has 0 spiro atoms. The number of carbonyl (C=O) groups excluding carboxylic acids is 1. The molecule has 1 saturated heterocycles. The Morgan fingerprint density at radius 3 is 2.62 bits per heavy atom. The largest absolute Gasteiger partial charge is 0.506 e. The van der Waals surface area contributed by atoms with Gasteiger partial charge in [0.1, 0.15) is 18.0 Å². The van der Waals surface area contributed by atoms with Crippen LogP contribution in [0.3, 0.4) is 0 Å². The highest BCUT2D eigenvalue weighted by Crippen LogP contribution is 2.36. The molecule has 9 heteroatoms. The second kappa shape index (κ2) is 6.21. The number of halogens is 1. The molecule has 132 valence electrons. The zero-order chi connectivity index (χ0) is 17.5. The van der Waals surface area contributed by atoms with Crippen molar-refractivity contribution in [2.45, 2.75) is 38.8 Å². The molecule has 1 aliphatic carbocycles. The van der Waals surface area contributed by atoms with Crippen molar-refractivity contribution < 1.29 is 22.7 Å². The monoisotopic (exact) mass is 357 g/mol. The molecule has 2 aliphatic rings. The summed E-state index contributed by atoms with van der Waals surface area (Å²) in [6.45, 7) is 2.90. The van der Waals surface area contributed by atoms with E-state index in [1.54, 1.807) is 4.72 Å².